The van der Waals surface area contributed by atoms with Gasteiger partial charge in [0.25, 0.3) is 0 Å². The van der Waals surface area contributed by atoms with Crippen LogP contribution in [0.4, 0.5) is 9.59 Å². The topological polar surface area (TPSA) is 94.2 Å². The van der Waals surface area contributed by atoms with Gasteiger partial charge in [-0.3, -0.25) is 9.80 Å². The number of hydrogen-bond acceptors (Lipinski definition) is 5. The maximum absolute atomic E-state index is 13.1. The molecule has 0 saturated carbocycles. The third kappa shape index (κ3) is 6.01. The molecule has 1 aromatic carbocycles. The highest BCUT2D eigenvalue weighted by Crippen LogP contribution is 2.34. The number of benzene rings is 1. The molecular formula is C24H34ClN5O4. The zero-order valence-corrected chi connectivity index (χ0v) is 21.2. The van der Waals surface area contributed by atoms with Gasteiger partial charge in [0, 0.05) is 56.0 Å². The largest absolute Gasteiger partial charge is 0.463 e. The van der Waals surface area contributed by atoms with Crippen molar-refractivity contribution < 1.29 is 19.1 Å². The van der Waals surface area contributed by atoms with Gasteiger partial charge in [0.2, 0.25) is 0 Å². The van der Waals surface area contributed by atoms with Crippen molar-refractivity contribution in [1.82, 2.24) is 25.3 Å². The molecule has 0 unspecified atom stereocenters. The number of likely N-dealkylation sites (N-methyl/N-ethyl adjacent to an activating group) is 1. The summed E-state index contributed by atoms with van der Waals surface area (Å²) in [5.74, 6) is -0.488. The maximum atomic E-state index is 13.1. The van der Waals surface area contributed by atoms with Crippen LogP contribution in [0.1, 0.15) is 39.3 Å². The number of nitrogens with one attached hydrogen (secondary N) is 2. The third-order valence-corrected chi connectivity index (χ3v) is 6.15. The minimum absolute atomic E-state index is 0.0912. The molecule has 0 aliphatic carbocycles. The lowest BCUT2D eigenvalue weighted by Crippen LogP contribution is -2.56. The van der Waals surface area contributed by atoms with E-state index in [-0.39, 0.29) is 24.2 Å². The lowest BCUT2D eigenvalue weighted by atomic mass is 9.94. The second-order valence-electron chi connectivity index (χ2n) is 9.49. The summed E-state index contributed by atoms with van der Waals surface area (Å²) in [5.41, 5.74) is 1.26. The molecule has 2 N–H and O–H groups in total. The number of hydrogen-bond donors (Lipinski definition) is 2. The number of urea groups is 2. The van der Waals surface area contributed by atoms with Crippen LogP contribution in [0.3, 0.4) is 0 Å². The van der Waals surface area contributed by atoms with Crippen LogP contribution < -0.4 is 10.6 Å². The summed E-state index contributed by atoms with van der Waals surface area (Å²) in [6.45, 7) is 10.5. The fraction of sp³-hybridized carbons (Fsp3) is 0.542. The van der Waals surface area contributed by atoms with Crippen LogP contribution >= 0.6 is 11.6 Å². The highest BCUT2D eigenvalue weighted by atomic mass is 35.5. The van der Waals surface area contributed by atoms with Gasteiger partial charge in [-0.2, -0.15) is 0 Å². The highest BCUT2D eigenvalue weighted by molar-refractivity contribution is 6.31. The summed E-state index contributed by atoms with van der Waals surface area (Å²) >= 11 is 6.43. The predicted octanol–water partition coefficient (Wildman–Crippen LogP) is 2.98. The summed E-state index contributed by atoms with van der Waals surface area (Å²) in [5, 5.41) is 6.33. The van der Waals surface area contributed by atoms with Crippen LogP contribution in [0.25, 0.3) is 0 Å². The van der Waals surface area contributed by atoms with Crippen molar-refractivity contribution in [2.45, 2.75) is 39.3 Å². The van der Waals surface area contributed by atoms with Gasteiger partial charge in [-0.15, -0.1) is 0 Å². The molecular weight excluding hydrogens is 458 g/mol. The molecule has 1 aromatic rings. The van der Waals surface area contributed by atoms with E-state index in [1.54, 1.807) is 37.1 Å². The Morgan fingerprint density at radius 3 is 2.41 bits per heavy atom. The van der Waals surface area contributed by atoms with Gasteiger partial charge >= 0.3 is 18.0 Å². The average molecular weight is 492 g/mol. The van der Waals surface area contributed by atoms with Gasteiger partial charge in [-0.05, 0) is 39.3 Å². The molecule has 3 rings (SSSR count). The van der Waals surface area contributed by atoms with E-state index in [2.05, 4.69) is 15.5 Å². The Labute approximate surface area is 206 Å². The number of amides is 4. The average Bonchev–Trinajstić information content (AvgIpc) is 2.76. The van der Waals surface area contributed by atoms with E-state index in [9.17, 15) is 14.4 Å². The minimum atomic E-state index is -0.717. The quantitative estimate of drug-likeness (QED) is 0.617. The van der Waals surface area contributed by atoms with E-state index >= 15 is 0 Å². The zero-order valence-electron chi connectivity index (χ0n) is 20.5. The lowest BCUT2D eigenvalue weighted by Gasteiger charge is -2.40. The predicted molar refractivity (Wildman–Crippen MR) is 130 cm³/mol. The zero-order chi connectivity index (χ0) is 25.0. The molecule has 2 aliphatic rings. The Morgan fingerprint density at radius 1 is 1.18 bits per heavy atom. The minimum Gasteiger partial charge on any atom is -0.463 e. The van der Waals surface area contributed by atoms with Crippen molar-refractivity contribution >= 4 is 29.6 Å². The van der Waals surface area contributed by atoms with E-state index < -0.39 is 12.0 Å². The van der Waals surface area contributed by atoms with Gasteiger partial charge in [-0.25, -0.2) is 14.4 Å². The van der Waals surface area contributed by atoms with Crippen molar-refractivity contribution in [2.75, 3.05) is 46.4 Å². The fourth-order valence-corrected chi connectivity index (χ4v) is 4.31. The molecule has 0 aromatic heterocycles. The van der Waals surface area contributed by atoms with Gasteiger partial charge in [0.1, 0.15) is 0 Å². The van der Waals surface area contributed by atoms with Crippen molar-refractivity contribution in [1.29, 1.82) is 0 Å². The summed E-state index contributed by atoms with van der Waals surface area (Å²) in [6.07, 6.45) is 0. The molecule has 9 nitrogen and oxygen atoms in total. The molecule has 1 atom stereocenters. The first kappa shape index (κ1) is 25.8. The molecule has 2 heterocycles. The molecule has 34 heavy (non-hydrogen) atoms. The monoisotopic (exact) mass is 491 g/mol. The van der Waals surface area contributed by atoms with Crippen LogP contribution in [0.15, 0.2) is 35.5 Å². The third-order valence-electron chi connectivity index (χ3n) is 5.80. The van der Waals surface area contributed by atoms with E-state index in [1.807, 2.05) is 26.8 Å². The van der Waals surface area contributed by atoms with E-state index in [0.29, 0.717) is 54.6 Å². The molecule has 0 spiro atoms. The highest BCUT2D eigenvalue weighted by Gasteiger charge is 2.38. The maximum Gasteiger partial charge on any atom is 0.338 e. The molecule has 1 saturated heterocycles. The van der Waals surface area contributed by atoms with Crippen molar-refractivity contribution in [3.63, 3.8) is 0 Å². The smallest absolute Gasteiger partial charge is 0.338 e. The number of carbonyl (C=O) groups excluding carboxylic acids is 3. The Balaban J connectivity index is 1.86. The Bertz CT molecular complexity index is 966. The van der Waals surface area contributed by atoms with Crippen molar-refractivity contribution in [3.05, 3.63) is 46.1 Å². The SMILES string of the molecule is CCOC(=O)C1=C(CN2CCN(C(=O)NC(C)(C)C)CC2)N(C)C(=O)N[C@@H]1c1ccccc1Cl. The molecule has 0 bridgehead atoms. The molecule has 1 fully saturated rings. The molecule has 2 aliphatic heterocycles. The van der Waals surface area contributed by atoms with Crippen LogP contribution in [-0.2, 0) is 9.53 Å². The molecule has 10 heteroatoms. The Morgan fingerprint density at radius 2 is 1.82 bits per heavy atom. The van der Waals surface area contributed by atoms with Crippen LogP contribution in [-0.4, -0.2) is 84.6 Å². The summed E-state index contributed by atoms with van der Waals surface area (Å²) < 4.78 is 5.37. The van der Waals surface area contributed by atoms with Gasteiger partial charge in [0.05, 0.1) is 18.2 Å². The van der Waals surface area contributed by atoms with E-state index in [0.717, 1.165) is 0 Å². The Hall–Kier alpha value is -2.78. The standard InChI is InChI=1S/C24H34ClN5O4/c1-6-34-21(31)19-18(15-29-11-13-30(14-12-29)23(33)27-24(2,3)4)28(5)22(32)26-20(19)16-9-7-8-10-17(16)25/h7-10,20H,6,11-15H2,1-5H3,(H,26,32)(H,27,33)/t20-/m1/s1. The Kier molecular flexibility index (Phi) is 8.09. The van der Waals surface area contributed by atoms with Crippen molar-refractivity contribution in [3.8, 4) is 0 Å². The molecule has 0 radical (unpaired) electrons. The number of rotatable bonds is 5. The van der Waals surface area contributed by atoms with Crippen LogP contribution in [0, 0.1) is 0 Å². The second kappa shape index (κ2) is 10.7. The normalized spacial score (nSPS) is 19.7. The van der Waals surface area contributed by atoms with Gasteiger partial charge in [0.15, 0.2) is 0 Å². The summed E-state index contributed by atoms with van der Waals surface area (Å²) in [4.78, 5) is 43.8. The first-order chi connectivity index (χ1) is 16.0. The van der Waals surface area contributed by atoms with Gasteiger partial charge in [-0.1, -0.05) is 29.8 Å². The van der Waals surface area contributed by atoms with Crippen molar-refractivity contribution in [2.24, 2.45) is 0 Å². The summed E-state index contributed by atoms with van der Waals surface area (Å²) in [7, 11) is 1.64. The number of esters is 1. The number of piperazine rings is 1. The second-order valence-corrected chi connectivity index (χ2v) is 9.89. The number of ether oxygens (including phenoxy) is 1. The number of halogens is 1. The molecule has 4 amide bonds. The first-order valence-electron chi connectivity index (χ1n) is 11.5. The first-order valence-corrected chi connectivity index (χ1v) is 11.9. The van der Waals surface area contributed by atoms with E-state index in [4.69, 9.17) is 16.3 Å². The number of carbonyl (C=O) groups is 3. The summed E-state index contributed by atoms with van der Waals surface area (Å²) in [6, 6.07) is 6.00. The lowest BCUT2D eigenvalue weighted by molar-refractivity contribution is -0.139. The number of nitrogens with zero attached hydrogens (tertiary/aromatic N) is 3. The van der Waals surface area contributed by atoms with Crippen LogP contribution in [0.2, 0.25) is 5.02 Å². The fourth-order valence-electron chi connectivity index (χ4n) is 4.06. The molecule has 186 valence electrons. The van der Waals surface area contributed by atoms with E-state index in [1.165, 1.54) is 4.90 Å². The van der Waals surface area contributed by atoms with Crippen LogP contribution in [0.5, 0.6) is 0 Å². The van der Waals surface area contributed by atoms with Gasteiger partial charge < -0.3 is 20.3 Å².